The number of H-pyrrole nitrogens is 1. The Hall–Kier alpha value is -2.93. The second-order valence-corrected chi connectivity index (χ2v) is 15.2. The van der Waals surface area contributed by atoms with Gasteiger partial charge < -0.3 is 14.5 Å². The Balaban J connectivity index is 0.000000196. The molecule has 0 fully saturated rings. The standard InChI is InChI=1S/C14H11IN2O3S.C8H7IN2O.C6H5ClO2S.CH4/c1-20-10-7-12-13(15)9-17(14(12)16-8-10)21(18,19)11-5-3-2-4-6-11;1-12-5-2-6-7(9)4-11-8(6)10-3-5;7-10(8,9)6-4-2-1-3-5-6;/h2-9H,1H3;2-4H,1H3,(H,10,11);1-5H;1H4. The van der Waals surface area contributed by atoms with E-state index >= 15 is 0 Å². The van der Waals surface area contributed by atoms with Gasteiger partial charge in [-0.05, 0) is 81.6 Å². The van der Waals surface area contributed by atoms with Crippen molar-refractivity contribution >= 4 is 97.0 Å². The predicted molar refractivity (Wildman–Crippen MR) is 190 cm³/mol. The number of aromatic nitrogens is 4. The Morgan fingerprint density at radius 1 is 0.773 bits per heavy atom. The molecule has 4 aromatic heterocycles. The number of hydrogen-bond acceptors (Lipinski definition) is 8. The monoisotopic (exact) mass is 880 g/mol. The van der Waals surface area contributed by atoms with Gasteiger partial charge >= 0.3 is 0 Å². The smallest absolute Gasteiger partial charge is 0.269 e. The van der Waals surface area contributed by atoms with E-state index < -0.39 is 19.1 Å². The Kier molecular flexibility index (Phi) is 12.4. The first-order valence-corrected chi connectivity index (χ1v) is 18.0. The first-order chi connectivity index (χ1) is 20.5. The molecule has 0 aliphatic heterocycles. The number of nitrogens with zero attached hydrogens (tertiary/aromatic N) is 3. The number of ether oxygens (including phenoxy) is 2. The van der Waals surface area contributed by atoms with Gasteiger partial charge in [-0.15, -0.1) is 0 Å². The van der Waals surface area contributed by atoms with Crippen molar-refractivity contribution in [2.24, 2.45) is 0 Å². The van der Waals surface area contributed by atoms with Gasteiger partial charge in [-0.2, -0.15) is 0 Å². The third kappa shape index (κ3) is 8.41. The number of aromatic amines is 1. The molecule has 0 saturated carbocycles. The molecule has 0 amide bonds. The fraction of sp³-hybridized carbons (Fsp3) is 0.103. The summed E-state index contributed by atoms with van der Waals surface area (Å²) in [7, 11) is 1.03. The molecule has 15 heteroatoms. The Morgan fingerprint density at radius 2 is 1.30 bits per heavy atom. The van der Waals surface area contributed by atoms with E-state index in [0.29, 0.717) is 11.4 Å². The number of pyridine rings is 2. The Morgan fingerprint density at radius 3 is 1.82 bits per heavy atom. The number of nitrogens with one attached hydrogen (secondary N) is 1. The van der Waals surface area contributed by atoms with E-state index in [9.17, 15) is 16.8 Å². The normalized spacial score (nSPS) is 11.0. The van der Waals surface area contributed by atoms with Crippen LogP contribution in [0.15, 0.2) is 107 Å². The van der Waals surface area contributed by atoms with Crippen molar-refractivity contribution < 1.29 is 26.3 Å². The van der Waals surface area contributed by atoms with E-state index in [0.717, 1.165) is 29.3 Å². The van der Waals surface area contributed by atoms with E-state index in [1.165, 1.54) is 22.3 Å². The topological polar surface area (TPSA) is 133 Å². The van der Waals surface area contributed by atoms with Crippen LogP contribution >= 0.6 is 55.9 Å². The zero-order chi connectivity index (χ0) is 31.2. The minimum atomic E-state index is -3.66. The van der Waals surface area contributed by atoms with Gasteiger partial charge in [0, 0.05) is 41.0 Å². The van der Waals surface area contributed by atoms with Crippen LogP contribution < -0.4 is 9.47 Å². The van der Waals surface area contributed by atoms with Crippen molar-refractivity contribution in [3.63, 3.8) is 0 Å². The molecule has 1 N–H and O–H groups in total. The van der Waals surface area contributed by atoms with Crippen LogP contribution in [0.1, 0.15) is 7.43 Å². The van der Waals surface area contributed by atoms with Crippen LogP contribution in [0.3, 0.4) is 0 Å². The summed E-state index contributed by atoms with van der Waals surface area (Å²) in [5, 5.41) is 1.85. The molecule has 0 aliphatic carbocycles. The SMILES string of the molecule is C.COc1cnc2[nH]cc(I)c2c1.COc1cnc2c(c1)c(I)cn2S(=O)(=O)c1ccccc1.O=S(=O)(Cl)c1ccccc1. The van der Waals surface area contributed by atoms with Crippen LogP contribution in [0.25, 0.3) is 22.1 Å². The second-order valence-electron chi connectivity index (χ2n) is 8.50. The molecule has 0 unspecified atom stereocenters. The van der Waals surface area contributed by atoms with Gasteiger partial charge in [0.15, 0.2) is 5.65 Å². The largest absolute Gasteiger partial charge is 0.495 e. The van der Waals surface area contributed by atoms with Crippen LogP contribution in [-0.4, -0.2) is 50.0 Å². The van der Waals surface area contributed by atoms with Gasteiger partial charge in [0.05, 0.1) is 36.4 Å². The number of hydrogen-bond donors (Lipinski definition) is 1. The summed E-state index contributed by atoms with van der Waals surface area (Å²) in [5.41, 5.74) is 1.30. The van der Waals surface area contributed by atoms with Crippen molar-refractivity contribution in [1.82, 2.24) is 18.9 Å². The molecule has 0 bridgehead atoms. The molecule has 6 rings (SSSR count). The molecule has 0 saturated heterocycles. The highest BCUT2D eigenvalue weighted by atomic mass is 127. The highest BCUT2D eigenvalue weighted by molar-refractivity contribution is 14.1. The molecule has 2 aromatic carbocycles. The number of benzene rings is 2. The number of methoxy groups -OCH3 is 2. The van der Waals surface area contributed by atoms with E-state index in [1.54, 1.807) is 81.2 Å². The lowest BCUT2D eigenvalue weighted by atomic mass is 10.3. The molecule has 0 radical (unpaired) electrons. The summed E-state index contributed by atoms with van der Waals surface area (Å²) in [5.74, 6) is 1.38. The first-order valence-electron chi connectivity index (χ1n) is 12.1. The summed E-state index contributed by atoms with van der Waals surface area (Å²) < 4.78 is 60.0. The third-order valence-electron chi connectivity index (χ3n) is 5.79. The third-order valence-corrected chi connectivity index (χ3v) is 10.6. The maximum atomic E-state index is 12.7. The zero-order valence-electron chi connectivity index (χ0n) is 22.5. The minimum absolute atomic E-state index is 0. The maximum Gasteiger partial charge on any atom is 0.269 e. The molecule has 4 heterocycles. The number of fused-ring (bicyclic) bond motifs is 2. The number of halogens is 3. The fourth-order valence-electron chi connectivity index (χ4n) is 3.67. The highest BCUT2D eigenvalue weighted by Crippen LogP contribution is 2.28. The molecule has 0 aliphatic rings. The molecule has 232 valence electrons. The lowest BCUT2D eigenvalue weighted by Crippen LogP contribution is -2.12. The second kappa shape index (κ2) is 15.4. The Bertz CT molecular complexity index is 2070. The predicted octanol–water partition coefficient (Wildman–Crippen LogP) is 7.31. The minimum Gasteiger partial charge on any atom is -0.495 e. The van der Waals surface area contributed by atoms with Crippen molar-refractivity contribution in [2.75, 3.05) is 14.2 Å². The van der Waals surface area contributed by atoms with Gasteiger partial charge in [0.2, 0.25) is 0 Å². The van der Waals surface area contributed by atoms with E-state index in [-0.39, 0.29) is 17.2 Å². The van der Waals surface area contributed by atoms with Gasteiger partial charge in [-0.25, -0.2) is 30.8 Å². The van der Waals surface area contributed by atoms with E-state index in [4.69, 9.17) is 20.2 Å². The quantitative estimate of drug-likeness (QED) is 0.141. The highest BCUT2D eigenvalue weighted by Gasteiger charge is 2.21. The average Bonchev–Trinajstić information content (AvgIpc) is 3.57. The van der Waals surface area contributed by atoms with Crippen molar-refractivity contribution in [2.45, 2.75) is 17.2 Å². The summed E-state index contributed by atoms with van der Waals surface area (Å²) in [6.45, 7) is 0. The molecule has 10 nitrogen and oxygen atoms in total. The van der Waals surface area contributed by atoms with Crippen LogP contribution in [0, 0.1) is 7.14 Å². The van der Waals surface area contributed by atoms with Gasteiger partial charge in [0.25, 0.3) is 19.1 Å². The van der Waals surface area contributed by atoms with Crippen molar-refractivity contribution in [3.05, 3.63) is 105 Å². The molecule has 6 aromatic rings. The van der Waals surface area contributed by atoms with Crippen LogP contribution in [-0.2, 0) is 19.1 Å². The van der Waals surface area contributed by atoms with Crippen molar-refractivity contribution in [1.29, 1.82) is 0 Å². The summed E-state index contributed by atoms with van der Waals surface area (Å²) in [6.07, 6.45) is 6.71. The van der Waals surface area contributed by atoms with Gasteiger partial charge in [-0.3, -0.25) is 0 Å². The van der Waals surface area contributed by atoms with Gasteiger partial charge in [0.1, 0.15) is 17.1 Å². The molecule has 0 atom stereocenters. The lowest BCUT2D eigenvalue weighted by molar-refractivity contribution is 0.413. The zero-order valence-corrected chi connectivity index (χ0v) is 29.2. The van der Waals surface area contributed by atoms with Gasteiger partial charge in [-0.1, -0.05) is 43.8 Å². The lowest BCUT2D eigenvalue weighted by Gasteiger charge is -2.06. The van der Waals surface area contributed by atoms with Crippen LogP contribution in [0.4, 0.5) is 0 Å². The van der Waals surface area contributed by atoms with E-state index in [1.807, 2.05) is 12.3 Å². The number of rotatable bonds is 5. The summed E-state index contributed by atoms with van der Waals surface area (Å²) in [4.78, 5) is 11.8. The fourth-order valence-corrected chi connectivity index (χ4v) is 7.24. The molecular formula is C29H27ClI2N4O6S2. The van der Waals surface area contributed by atoms with Crippen molar-refractivity contribution in [3.8, 4) is 11.5 Å². The average molecular weight is 881 g/mol. The molecule has 44 heavy (non-hydrogen) atoms. The summed E-state index contributed by atoms with van der Waals surface area (Å²) in [6, 6.07) is 19.9. The summed E-state index contributed by atoms with van der Waals surface area (Å²) >= 11 is 4.35. The maximum absolute atomic E-state index is 12.7. The molecule has 0 spiro atoms. The van der Waals surface area contributed by atoms with Crippen LogP contribution in [0.5, 0.6) is 11.5 Å². The first kappa shape index (κ1) is 35.5. The van der Waals surface area contributed by atoms with Crippen LogP contribution in [0.2, 0.25) is 0 Å². The van der Waals surface area contributed by atoms with E-state index in [2.05, 4.69) is 60.1 Å². The Labute approximate surface area is 287 Å². The molecular weight excluding hydrogens is 854 g/mol.